The van der Waals surface area contributed by atoms with E-state index < -0.39 is 0 Å². The first kappa shape index (κ1) is 13.8. The Balaban J connectivity index is 2.05. The molecule has 0 unspecified atom stereocenters. The van der Waals surface area contributed by atoms with Crippen LogP contribution in [0.25, 0.3) is 11.0 Å². The van der Waals surface area contributed by atoms with Gasteiger partial charge in [-0.15, -0.1) is 0 Å². The van der Waals surface area contributed by atoms with Crippen molar-refractivity contribution in [1.29, 1.82) is 0 Å². The highest BCUT2D eigenvalue weighted by Gasteiger charge is 2.12. The van der Waals surface area contributed by atoms with E-state index in [4.69, 9.17) is 10.7 Å². The van der Waals surface area contributed by atoms with E-state index in [2.05, 4.69) is 28.7 Å². The minimum absolute atomic E-state index is 0.606. The number of hydrogen-bond acceptors (Lipinski definition) is 3. The van der Waals surface area contributed by atoms with Crippen LogP contribution in [0.15, 0.2) is 30.3 Å². The van der Waals surface area contributed by atoms with Crippen molar-refractivity contribution in [2.45, 2.75) is 26.3 Å². The van der Waals surface area contributed by atoms with Gasteiger partial charge in [-0.05, 0) is 31.2 Å². The van der Waals surface area contributed by atoms with Crippen molar-refractivity contribution in [2.24, 2.45) is 12.8 Å². The molecule has 3 aromatic rings. The van der Waals surface area contributed by atoms with Gasteiger partial charge in [0.25, 0.3) is 0 Å². The maximum Gasteiger partial charge on any atom is 0.111 e. The molecule has 2 aromatic heterocycles. The van der Waals surface area contributed by atoms with Crippen LogP contribution in [0.5, 0.6) is 0 Å². The molecule has 21 heavy (non-hydrogen) atoms. The number of para-hydroxylation sites is 2. The molecule has 0 aliphatic heterocycles. The summed E-state index contributed by atoms with van der Waals surface area (Å²) in [5.74, 6) is 1.04. The zero-order chi connectivity index (χ0) is 14.8. The van der Waals surface area contributed by atoms with Crippen LogP contribution in [0, 0.1) is 0 Å². The first-order valence-corrected chi connectivity index (χ1v) is 7.39. The van der Waals surface area contributed by atoms with Gasteiger partial charge in [-0.25, -0.2) is 4.98 Å². The van der Waals surface area contributed by atoms with E-state index in [1.54, 1.807) is 0 Å². The van der Waals surface area contributed by atoms with E-state index in [1.807, 2.05) is 29.9 Å². The first-order valence-electron chi connectivity index (χ1n) is 7.39. The number of hydrogen-bond donors (Lipinski definition) is 1. The van der Waals surface area contributed by atoms with Crippen molar-refractivity contribution in [1.82, 2.24) is 19.3 Å². The molecular weight excluding hydrogens is 262 g/mol. The second kappa shape index (κ2) is 5.69. The zero-order valence-electron chi connectivity index (χ0n) is 12.6. The molecule has 1 aromatic carbocycles. The normalized spacial score (nSPS) is 11.4. The summed E-state index contributed by atoms with van der Waals surface area (Å²) in [5, 5.41) is 4.52. The Morgan fingerprint density at radius 2 is 2.05 bits per heavy atom. The van der Waals surface area contributed by atoms with Crippen molar-refractivity contribution < 1.29 is 0 Å². The highest BCUT2D eigenvalue weighted by molar-refractivity contribution is 5.76. The monoisotopic (exact) mass is 283 g/mol. The Morgan fingerprint density at radius 1 is 1.24 bits per heavy atom. The van der Waals surface area contributed by atoms with Crippen LogP contribution in [0.1, 0.15) is 24.1 Å². The SMILES string of the molecule is CCc1cc(Cn2c(CCN)nc3ccccc32)n(C)n1. The highest BCUT2D eigenvalue weighted by atomic mass is 15.3. The zero-order valence-corrected chi connectivity index (χ0v) is 12.6. The molecule has 0 aliphatic carbocycles. The minimum Gasteiger partial charge on any atom is -0.330 e. The lowest BCUT2D eigenvalue weighted by Gasteiger charge is -2.09. The molecule has 0 atom stereocenters. The quantitative estimate of drug-likeness (QED) is 0.777. The summed E-state index contributed by atoms with van der Waals surface area (Å²) in [7, 11) is 2.00. The molecule has 5 heteroatoms. The molecule has 0 bridgehead atoms. The predicted molar refractivity (Wildman–Crippen MR) is 84.2 cm³/mol. The molecule has 0 saturated carbocycles. The van der Waals surface area contributed by atoms with Gasteiger partial charge in [0, 0.05) is 13.5 Å². The first-order chi connectivity index (χ1) is 10.2. The van der Waals surface area contributed by atoms with Crippen LogP contribution in [0.3, 0.4) is 0 Å². The molecule has 2 heterocycles. The molecule has 2 N–H and O–H groups in total. The summed E-state index contributed by atoms with van der Waals surface area (Å²) in [6.45, 7) is 3.51. The largest absolute Gasteiger partial charge is 0.330 e. The Kier molecular flexibility index (Phi) is 3.75. The van der Waals surface area contributed by atoms with E-state index in [9.17, 15) is 0 Å². The number of rotatable bonds is 5. The standard InChI is InChI=1S/C16H21N5/c1-3-12-10-13(20(2)19-12)11-21-15-7-5-4-6-14(15)18-16(21)8-9-17/h4-7,10H,3,8-9,11,17H2,1-2H3. The van der Waals surface area contributed by atoms with Crippen LogP contribution in [-0.4, -0.2) is 25.9 Å². The lowest BCUT2D eigenvalue weighted by atomic mass is 10.3. The van der Waals surface area contributed by atoms with Crippen LogP contribution < -0.4 is 5.73 Å². The van der Waals surface area contributed by atoms with Crippen molar-refractivity contribution >= 4 is 11.0 Å². The highest BCUT2D eigenvalue weighted by Crippen LogP contribution is 2.18. The lowest BCUT2D eigenvalue weighted by molar-refractivity contribution is 0.648. The topological polar surface area (TPSA) is 61.7 Å². The van der Waals surface area contributed by atoms with Gasteiger partial charge in [0.15, 0.2) is 0 Å². The molecule has 0 aliphatic rings. The molecular formula is C16H21N5. The summed E-state index contributed by atoms with van der Waals surface area (Å²) in [6.07, 6.45) is 1.74. The van der Waals surface area contributed by atoms with Crippen LogP contribution in [0.4, 0.5) is 0 Å². The fourth-order valence-electron chi connectivity index (χ4n) is 2.68. The molecule has 110 valence electrons. The Morgan fingerprint density at radius 3 is 2.76 bits per heavy atom. The fourth-order valence-corrected chi connectivity index (χ4v) is 2.68. The molecule has 3 rings (SSSR count). The van der Waals surface area contributed by atoms with E-state index >= 15 is 0 Å². The number of aryl methyl sites for hydroxylation is 2. The maximum absolute atomic E-state index is 5.73. The van der Waals surface area contributed by atoms with Gasteiger partial charge in [-0.1, -0.05) is 19.1 Å². The van der Waals surface area contributed by atoms with Crippen molar-refractivity contribution in [3.8, 4) is 0 Å². The second-order valence-electron chi connectivity index (χ2n) is 5.25. The fraction of sp³-hybridized carbons (Fsp3) is 0.375. The third kappa shape index (κ3) is 2.56. The molecule has 0 fully saturated rings. The predicted octanol–water partition coefficient (Wildman–Crippen LogP) is 1.88. The lowest BCUT2D eigenvalue weighted by Crippen LogP contribution is -2.12. The van der Waals surface area contributed by atoms with Crippen LogP contribution in [0.2, 0.25) is 0 Å². The second-order valence-corrected chi connectivity index (χ2v) is 5.25. The smallest absolute Gasteiger partial charge is 0.111 e. The third-order valence-electron chi connectivity index (χ3n) is 3.81. The van der Waals surface area contributed by atoms with Crippen molar-refractivity contribution in [2.75, 3.05) is 6.54 Å². The molecule has 0 amide bonds. The van der Waals surface area contributed by atoms with E-state index in [0.29, 0.717) is 6.54 Å². The van der Waals surface area contributed by atoms with Crippen LogP contribution >= 0.6 is 0 Å². The number of aromatic nitrogens is 4. The summed E-state index contributed by atoms with van der Waals surface area (Å²) >= 11 is 0. The summed E-state index contributed by atoms with van der Waals surface area (Å²) in [5.41, 5.74) is 10.2. The van der Waals surface area contributed by atoms with E-state index in [1.165, 1.54) is 5.69 Å². The van der Waals surface area contributed by atoms with Crippen LogP contribution in [-0.2, 0) is 26.4 Å². The third-order valence-corrected chi connectivity index (χ3v) is 3.81. The maximum atomic E-state index is 5.73. The number of fused-ring (bicyclic) bond motifs is 1. The Labute approximate surface area is 124 Å². The summed E-state index contributed by atoms with van der Waals surface area (Å²) in [4.78, 5) is 4.71. The Bertz CT molecular complexity index is 753. The average molecular weight is 283 g/mol. The number of imidazole rings is 1. The van der Waals surface area contributed by atoms with E-state index in [0.717, 1.165) is 41.9 Å². The average Bonchev–Trinajstić information content (AvgIpc) is 3.02. The number of nitrogens with zero attached hydrogens (tertiary/aromatic N) is 4. The van der Waals surface area contributed by atoms with Gasteiger partial charge in [0.1, 0.15) is 5.82 Å². The molecule has 0 spiro atoms. The van der Waals surface area contributed by atoms with Gasteiger partial charge in [-0.2, -0.15) is 5.10 Å². The van der Waals surface area contributed by atoms with Gasteiger partial charge >= 0.3 is 0 Å². The summed E-state index contributed by atoms with van der Waals surface area (Å²) in [6, 6.07) is 10.4. The Hall–Kier alpha value is -2.14. The van der Waals surface area contributed by atoms with Gasteiger partial charge in [-0.3, -0.25) is 4.68 Å². The summed E-state index contributed by atoms with van der Waals surface area (Å²) < 4.78 is 4.21. The van der Waals surface area contributed by atoms with E-state index in [-0.39, 0.29) is 0 Å². The van der Waals surface area contributed by atoms with Gasteiger partial charge in [0.05, 0.1) is 29.0 Å². The van der Waals surface area contributed by atoms with Gasteiger partial charge < -0.3 is 10.3 Å². The number of benzene rings is 1. The minimum atomic E-state index is 0.606. The molecule has 0 saturated heterocycles. The number of nitrogens with two attached hydrogens (primary N) is 1. The van der Waals surface area contributed by atoms with Crippen molar-refractivity contribution in [3.63, 3.8) is 0 Å². The molecule has 5 nitrogen and oxygen atoms in total. The van der Waals surface area contributed by atoms with Crippen molar-refractivity contribution in [3.05, 3.63) is 47.5 Å². The molecule has 0 radical (unpaired) electrons. The van der Waals surface area contributed by atoms with Gasteiger partial charge in [0.2, 0.25) is 0 Å².